The van der Waals surface area contributed by atoms with Crippen molar-refractivity contribution in [3.63, 3.8) is 0 Å². The fraction of sp³-hybridized carbons (Fsp3) is 0.500. The van der Waals surface area contributed by atoms with Crippen molar-refractivity contribution in [2.45, 2.75) is 27.2 Å². The predicted octanol–water partition coefficient (Wildman–Crippen LogP) is 2.20. The lowest BCUT2D eigenvalue weighted by Crippen LogP contribution is -2.42. The Kier molecular flexibility index (Phi) is 7.01. The van der Waals surface area contributed by atoms with Gasteiger partial charge in [-0.1, -0.05) is 6.07 Å². The molecule has 1 rings (SSSR count). The molecule has 0 aromatic heterocycles. The Bertz CT molecular complexity index is 435. The van der Waals surface area contributed by atoms with Gasteiger partial charge in [-0.25, -0.2) is 4.39 Å². The van der Waals surface area contributed by atoms with Gasteiger partial charge in [0.15, 0.2) is 0 Å². The first-order chi connectivity index (χ1) is 8.36. The zero-order valence-electron chi connectivity index (χ0n) is 11.6. The minimum absolute atomic E-state index is 0. The van der Waals surface area contributed by atoms with Gasteiger partial charge in [-0.2, -0.15) is 0 Å². The van der Waals surface area contributed by atoms with Crippen LogP contribution in [0.4, 0.5) is 4.39 Å². The average Bonchev–Trinajstić information content (AvgIpc) is 2.31. The smallest absolute Gasteiger partial charge is 0.226 e. The number of nitrogens with one attached hydrogen (secondary N) is 1. The largest absolute Gasteiger partial charge is 0.355 e. The van der Waals surface area contributed by atoms with Crippen LogP contribution in [-0.4, -0.2) is 19.0 Å². The number of nitrogens with two attached hydrogens (primary N) is 1. The Morgan fingerprint density at radius 3 is 2.58 bits per heavy atom. The highest BCUT2D eigenvalue weighted by Crippen LogP contribution is 2.13. The molecule has 0 atom stereocenters. The molecule has 0 radical (unpaired) electrons. The van der Waals surface area contributed by atoms with Crippen molar-refractivity contribution in [1.82, 2.24) is 5.32 Å². The van der Waals surface area contributed by atoms with Gasteiger partial charge in [0.1, 0.15) is 5.82 Å². The van der Waals surface area contributed by atoms with E-state index in [0.29, 0.717) is 19.5 Å². The second kappa shape index (κ2) is 7.46. The van der Waals surface area contributed by atoms with Crippen LogP contribution in [-0.2, 0) is 11.2 Å². The van der Waals surface area contributed by atoms with Crippen LogP contribution in [0, 0.1) is 18.2 Å². The Morgan fingerprint density at radius 2 is 2.05 bits per heavy atom. The zero-order valence-corrected chi connectivity index (χ0v) is 12.4. The van der Waals surface area contributed by atoms with E-state index in [1.807, 2.05) is 20.8 Å². The van der Waals surface area contributed by atoms with Crippen molar-refractivity contribution in [2.75, 3.05) is 13.1 Å². The summed E-state index contributed by atoms with van der Waals surface area (Å²) in [6, 6.07) is 4.69. The van der Waals surface area contributed by atoms with E-state index in [1.54, 1.807) is 6.07 Å². The summed E-state index contributed by atoms with van der Waals surface area (Å²) in [7, 11) is 0. The van der Waals surface area contributed by atoms with Gasteiger partial charge < -0.3 is 11.1 Å². The number of carbonyl (C=O) groups excluding carboxylic acids is 1. The standard InChI is InChI=1S/C14H21FN2O.ClH/c1-10-8-12(15)5-4-11(10)6-7-17-13(18)14(2,3)9-16;/h4-5,8H,6-7,9,16H2,1-3H3,(H,17,18);1H. The third-order valence-electron chi connectivity index (χ3n) is 3.11. The van der Waals surface area contributed by atoms with Gasteiger partial charge in [-0.15, -0.1) is 12.4 Å². The molecule has 0 spiro atoms. The van der Waals surface area contributed by atoms with E-state index in [1.165, 1.54) is 12.1 Å². The number of halogens is 2. The minimum atomic E-state index is -0.544. The van der Waals surface area contributed by atoms with Crippen molar-refractivity contribution in [1.29, 1.82) is 0 Å². The number of benzene rings is 1. The molecule has 3 nitrogen and oxygen atoms in total. The Hall–Kier alpha value is -1.13. The lowest BCUT2D eigenvalue weighted by Gasteiger charge is -2.21. The van der Waals surface area contributed by atoms with Gasteiger partial charge in [0.05, 0.1) is 5.41 Å². The van der Waals surface area contributed by atoms with Crippen molar-refractivity contribution in [3.8, 4) is 0 Å². The summed E-state index contributed by atoms with van der Waals surface area (Å²) in [6.45, 7) is 6.34. The molecule has 0 fully saturated rings. The van der Waals surface area contributed by atoms with Crippen LogP contribution in [0.1, 0.15) is 25.0 Å². The maximum atomic E-state index is 12.9. The molecule has 0 heterocycles. The van der Waals surface area contributed by atoms with Gasteiger partial charge in [0.25, 0.3) is 0 Å². The van der Waals surface area contributed by atoms with E-state index >= 15 is 0 Å². The van der Waals surface area contributed by atoms with Crippen LogP contribution in [0.15, 0.2) is 18.2 Å². The quantitative estimate of drug-likeness (QED) is 0.873. The van der Waals surface area contributed by atoms with Crippen molar-refractivity contribution in [3.05, 3.63) is 35.1 Å². The van der Waals surface area contributed by atoms with Crippen LogP contribution in [0.3, 0.4) is 0 Å². The summed E-state index contributed by atoms with van der Waals surface area (Å²) >= 11 is 0. The number of rotatable bonds is 5. The number of carbonyl (C=O) groups is 1. The normalized spacial score (nSPS) is 10.8. The number of hydrogen-bond donors (Lipinski definition) is 2. The molecular weight excluding hydrogens is 267 g/mol. The molecule has 108 valence electrons. The van der Waals surface area contributed by atoms with Crippen LogP contribution >= 0.6 is 12.4 Å². The van der Waals surface area contributed by atoms with E-state index < -0.39 is 5.41 Å². The van der Waals surface area contributed by atoms with E-state index in [-0.39, 0.29) is 24.1 Å². The first kappa shape index (κ1) is 17.9. The van der Waals surface area contributed by atoms with Crippen LogP contribution in [0.2, 0.25) is 0 Å². The van der Waals surface area contributed by atoms with Crippen LogP contribution < -0.4 is 11.1 Å². The molecule has 1 amide bonds. The fourth-order valence-corrected chi connectivity index (χ4v) is 1.58. The molecular formula is C14H22ClFN2O. The summed E-state index contributed by atoms with van der Waals surface area (Å²) in [6.07, 6.45) is 0.693. The van der Waals surface area contributed by atoms with E-state index in [4.69, 9.17) is 5.73 Å². The first-order valence-corrected chi connectivity index (χ1v) is 6.10. The molecule has 19 heavy (non-hydrogen) atoms. The highest BCUT2D eigenvalue weighted by Gasteiger charge is 2.24. The van der Waals surface area contributed by atoms with Gasteiger partial charge in [0, 0.05) is 13.1 Å². The Balaban J connectivity index is 0.00000324. The van der Waals surface area contributed by atoms with Crippen molar-refractivity contribution < 1.29 is 9.18 Å². The predicted molar refractivity (Wildman–Crippen MR) is 77.9 cm³/mol. The lowest BCUT2D eigenvalue weighted by atomic mass is 9.92. The summed E-state index contributed by atoms with van der Waals surface area (Å²) in [5.41, 5.74) is 6.93. The monoisotopic (exact) mass is 288 g/mol. The second-order valence-electron chi connectivity index (χ2n) is 5.16. The summed E-state index contributed by atoms with van der Waals surface area (Å²) in [5, 5.41) is 2.85. The van der Waals surface area contributed by atoms with Crippen LogP contribution in [0.5, 0.6) is 0 Å². The third kappa shape index (κ3) is 5.17. The highest BCUT2D eigenvalue weighted by atomic mass is 35.5. The SMILES string of the molecule is Cc1cc(F)ccc1CCNC(=O)C(C)(C)CN.Cl. The fourth-order valence-electron chi connectivity index (χ4n) is 1.58. The molecule has 0 unspecified atom stereocenters. The Labute approximate surface area is 120 Å². The molecule has 0 aliphatic carbocycles. The molecule has 0 aliphatic rings. The molecule has 0 saturated heterocycles. The molecule has 0 saturated carbocycles. The number of amides is 1. The summed E-state index contributed by atoms with van der Waals surface area (Å²) in [4.78, 5) is 11.8. The first-order valence-electron chi connectivity index (χ1n) is 6.10. The highest BCUT2D eigenvalue weighted by molar-refractivity contribution is 5.85. The minimum Gasteiger partial charge on any atom is -0.355 e. The molecule has 0 aliphatic heterocycles. The molecule has 3 N–H and O–H groups in total. The third-order valence-corrected chi connectivity index (χ3v) is 3.11. The molecule has 5 heteroatoms. The zero-order chi connectivity index (χ0) is 13.8. The average molecular weight is 289 g/mol. The molecule has 1 aromatic carbocycles. The van der Waals surface area contributed by atoms with Crippen molar-refractivity contribution in [2.24, 2.45) is 11.1 Å². The van der Waals surface area contributed by atoms with Gasteiger partial charge in [-0.05, 0) is 50.5 Å². The summed E-state index contributed by atoms with van der Waals surface area (Å²) in [5.74, 6) is -0.283. The van der Waals surface area contributed by atoms with Crippen LogP contribution in [0.25, 0.3) is 0 Å². The van der Waals surface area contributed by atoms with Gasteiger partial charge in [0.2, 0.25) is 5.91 Å². The molecule has 0 bridgehead atoms. The number of hydrogen-bond acceptors (Lipinski definition) is 2. The van der Waals surface area contributed by atoms with E-state index in [9.17, 15) is 9.18 Å². The van der Waals surface area contributed by atoms with Gasteiger partial charge >= 0.3 is 0 Å². The maximum Gasteiger partial charge on any atom is 0.226 e. The Morgan fingerprint density at radius 1 is 1.42 bits per heavy atom. The summed E-state index contributed by atoms with van der Waals surface area (Å²) < 4.78 is 12.9. The maximum absolute atomic E-state index is 12.9. The molecule has 1 aromatic rings. The topological polar surface area (TPSA) is 55.1 Å². The van der Waals surface area contributed by atoms with E-state index in [0.717, 1.165) is 11.1 Å². The van der Waals surface area contributed by atoms with Crippen molar-refractivity contribution >= 4 is 18.3 Å². The second-order valence-corrected chi connectivity index (χ2v) is 5.16. The lowest BCUT2D eigenvalue weighted by molar-refractivity contribution is -0.128. The number of aryl methyl sites for hydroxylation is 1. The van der Waals surface area contributed by atoms with Gasteiger partial charge in [-0.3, -0.25) is 4.79 Å². The van der Waals surface area contributed by atoms with E-state index in [2.05, 4.69) is 5.32 Å².